The molecule has 1 aromatic carbocycles. The largest absolute Gasteiger partial charge is 0.481 e. The van der Waals surface area contributed by atoms with Crippen LogP contribution >= 0.6 is 0 Å². The van der Waals surface area contributed by atoms with Gasteiger partial charge in [-0.25, -0.2) is 8.78 Å². The second-order valence-electron chi connectivity index (χ2n) is 3.49. The maximum atomic E-state index is 13.3. The van der Waals surface area contributed by atoms with Gasteiger partial charge < -0.3 is 5.11 Å². The molecule has 1 aliphatic carbocycles. The highest BCUT2D eigenvalue weighted by molar-refractivity contribution is 5.84. The minimum atomic E-state index is -1.17. The number of carboxylic acid groups (broad SMARTS) is 1. The van der Waals surface area contributed by atoms with Gasteiger partial charge in [-0.05, 0) is 18.9 Å². The van der Waals surface area contributed by atoms with Crippen LogP contribution in [0.4, 0.5) is 8.78 Å². The summed E-state index contributed by atoms with van der Waals surface area (Å²) >= 11 is 0. The molecule has 2 nitrogen and oxygen atoms in total. The number of rotatable bonds is 2. The Kier molecular flexibility index (Phi) is 1.80. The minimum absolute atomic E-state index is 0.0370. The monoisotopic (exact) mass is 198 g/mol. The Morgan fingerprint density at radius 1 is 1.36 bits per heavy atom. The Bertz CT molecular complexity index is 397. The highest BCUT2D eigenvalue weighted by Crippen LogP contribution is 2.49. The van der Waals surface area contributed by atoms with Gasteiger partial charge in [-0.15, -0.1) is 0 Å². The Morgan fingerprint density at radius 2 is 2.00 bits per heavy atom. The summed E-state index contributed by atoms with van der Waals surface area (Å²) in [5.41, 5.74) is -1.21. The number of halogens is 2. The molecule has 74 valence electrons. The Balaban J connectivity index is 2.52. The van der Waals surface area contributed by atoms with E-state index in [-0.39, 0.29) is 5.56 Å². The molecule has 0 heterocycles. The van der Waals surface area contributed by atoms with Crippen molar-refractivity contribution in [1.82, 2.24) is 0 Å². The van der Waals surface area contributed by atoms with Gasteiger partial charge in [0, 0.05) is 5.56 Å². The topological polar surface area (TPSA) is 37.3 Å². The van der Waals surface area contributed by atoms with E-state index >= 15 is 0 Å². The fraction of sp³-hybridized carbons (Fsp3) is 0.300. The first kappa shape index (κ1) is 9.12. The van der Waals surface area contributed by atoms with Crippen molar-refractivity contribution >= 4 is 5.97 Å². The summed E-state index contributed by atoms with van der Waals surface area (Å²) in [6, 6.07) is 3.65. The Morgan fingerprint density at radius 3 is 2.50 bits per heavy atom. The van der Waals surface area contributed by atoms with Gasteiger partial charge in [-0.3, -0.25) is 4.79 Å². The van der Waals surface area contributed by atoms with Crippen molar-refractivity contribution in [3.05, 3.63) is 35.4 Å². The van der Waals surface area contributed by atoms with Crippen molar-refractivity contribution in [2.45, 2.75) is 18.3 Å². The van der Waals surface area contributed by atoms with Crippen LogP contribution in [0.2, 0.25) is 0 Å². The van der Waals surface area contributed by atoms with Crippen LogP contribution in [0, 0.1) is 11.6 Å². The second kappa shape index (κ2) is 2.77. The number of benzene rings is 1. The predicted molar refractivity (Wildman–Crippen MR) is 44.9 cm³/mol. The van der Waals surface area contributed by atoms with E-state index in [1.165, 1.54) is 12.1 Å². The van der Waals surface area contributed by atoms with Gasteiger partial charge in [-0.2, -0.15) is 0 Å². The molecule has 14 heavy (non-hydrogen) atoms. The summed E-state index contributed by atoms with van der Waals surface area (Å²) in [4.78, 5) is 10.9. The molecule has 1 aliphatic rings. The molecule has 0 radical (unpaired) electrons. The van der Waals surface area contributed by atoms with Crippen LogP contribution in [-0.2, 0) is 10.2 Å². The number of carboxylic acids is 1. The van der Waals surface area contributed by atoms with Gasteiger partial charge >= 0.3 is 5.97 Å². The van der Waals surface area contributed by atoms with E-state index in [0.29, 0.717) is 12.8 Å². The fourth-order valence-electron chi connectivity index (χ4n) is 1.60. The van der Waals surface area contributed by atoms with Crippen molar-refractivity contribution < 1.29 is 18.7 Å². The third-order valence-electron chi connectivity index (χ3n) is 2.63. The first-order valence-electron chi connectivity index (χ1n) is 4.26. The summed E-state index contributed by atoms with van der Waals surface area (Å²) in [7, 11) is 0. The molecule has 0 aromatic heterocycles. The van der Waals surface area contributed by atoms with E-state index in [9.17, 15) is 13.6 Å². The number of hydrogen-bond acceptors (Lipinski definition) is 1. The first-order chi connectivity index (χ1) is 6.58. The first-order valence-corrected chi connectivity index (χ1v) is 4.26. The molecular weight excluding hydrogens is 190 g/mol. The van der Waals surface area contributed by atoms with Crippen molar-refractivity contribution in [1.29, 1.82) is 0 Å². The number of carbonyl (C=O) groups is 1. The molecule has 0 saturated heterocycles. The van der Waals surface area contributed by atoms with Gasteiger partial charge in [0.25, 0.3) is 0 Å². The highest BCUT2D eigenvalue weighted by atomic mass is 19.2. The highest BCUT2D eigenvalue weighted by Gasteiger charge is 2.53. The zero-order valence-corrected chi connectivity index (χ0v) is 7.26. The quantitative estimate of drug-likeness (QED) is 0.789. The maximum absolute atomic E-state index is 13.3. The van der Waals surface area contributed by atoms with E-state index in [1.807, 2.05) is 0 Å². The molecule has 0 amide bonds. The Hall–Kier alpha value is -1.45. The van der Waals surface area contributed by atoms with Gasteiger partial charge in [0.15, 0.2) is 11.6 Å². The molecular formula is C10H8F2O2. The average molecular weight is 198 g/mol. The smallest absolute Gasteiger partial charge is 0.314 e. The lowest BCUT2D eigenvalue weighted by molar-refractivity contribution is -0.140. The lowest BCUT2D eigenvalue weighted by Crippen LogP contribution is -2.21. The minimum Gasteiger partial charge on any atom is -0.481 e. The summed E-state index contributed by atoms with van der Waals surface area (Å²) in [6.45, 7) is 0. The van der Waals surface area contributed by atoms with Crippen LogP contribution in [-0.4, -0.2) is 11.1 Å². The maximum Gasteiger partial charge on any atom is 0.314 e. The normalized spacial score (nSPS) is 17.9. The van der Waals surface area contributed by atoms with Crippen molar-refractivity contribution in [2.75, 3.05) is 0 Å². The number of aliphatic carboxylic acids is 1. The van der Waals surface area contributed by atoms with Crippen LogP contribution in [0.15, 0.2) is 18.2 Å². The fourth-order valence-corrected chi connectivity index (χ4v) is 1.60. The number of hydrogen-bond donors (Lipinski definition) is 1. The summed E-state index contributed by atoms with van der Waals surface area (Å²) in [5, 5.41) is 8.88. The van der Waals surface area contributed by atoms with Crippen LogP contribution in [0.25, 0.3) is 0 Å². The van der Waals surface area contributed by atoms with E-state index in [0.717, 1.165) is 6.07 Å². The Labute approximate surface area is 79.2 Å². The zero-order chi connectivity index (χ0) is 10.3. The van der Waals surface area contributed by atoms with Crippen molar-refractivity contribution in [3.63, 3.8) is 0 Å². The lowest BCUT2D eigenvalue weighted by atomic mass is 9.95. The van der Waals surface area contributed by atoms with Crippen LogP contribution < -0.4 is 0 Å². The molecule has 0 unspecified atom stereocenters. The molecule has 1 N–H and O–H groups in total. The third-order valence-corrected chi connectivity index (χ3v) is 2.63. The van der Waals surface area contributed by atoms with Gasteiger partial charge in [0.2, 0.25) is 0 Å². The molecule has 1 aromatic rings. The third kappa shape index (κ3) is 1.10. The molecule has 0 spiro atoms. The van der Waals surface area contributed by atoms with E-state index in [1.54, 1.807) is 0 Å². The van der Waals surface area contributed by atoms with Crippen molar-refractivity contribution in [3.8, 4) is 0 Å². The van der Waals surface area contributed by atoms with Crippen LogP contribution in [0.5, 0.6) is 0 Å². The second-order valence-corrected chi connectivity index (χ2v) is 3.49. The molecule has 1 saturated carbocycles. The van der Waals surface area contributed by atoms with Crippen molar-refractivity contribution in [2.24, 2.45) is 0 Å². The standard InChI is InChI=1S/C10H8F2O2/c11-7-3-1-2-6(8(7)12)10(4-5-10)9(13)14/h1-3H,4-5H2,(H,13,14). The molecule has 4 heteroatoms. The lowest BCUT2D eigenvalue weighted by Gasteiger charge is -2.10. The molecule has 0 aliphatic heterocycles. The summed E-state index contributed by atoms with van der Waals surface area (Å²) < 4.78 is 26.1. The van der Waals surface area contributed by atoms with E-state index in [2.05, 4.69) is 0 Å². The van der Waals surface area contributed by atoms with Crippen LogP contribution in [0.3, 0.4) is 0 Å². The van der Waals surface area contributed by atoms with Gasteiger partial charge in [0.05, 0.1) is 5.41 Å². The van der Waals surface area contributed by atoms with Gasteiger partial charge in [0.1, 0.15) is 0 Å². The van der Waals surface area contributed by atoms with Gasteiger partial charge in [-0.1, -0.05) is 12.1 Å². The molecule has 0 atom stereocenters. The molecule has 1 fully saturated rings. The zero-order valence-electron chi connectivity index (χ0n) is 7.26. The summed E-state index contributed by atoms with van der Waals surface area (Å²) in [5.74, 6) is -3.11. The van der Waals surface area contributed by atoms with E-state index in [4.69, 9.17) is 5.11 Å². The predicted octanol–water partition coefficient (Wildman–Crippen LogP) is 2.08. The molecule has 0 bridgehead atoms. The van der Waals surface area contributed by atoms with E-state index < -0.39 is 23.0 Å². The molecule has 2 rings (SSSR count). The average Bonchev–Trinajstić information content (AvgIpc) is 2.90. The summed E-state index contributed by atoms with van der Waals surface area (Å²) in [6.07, 6.45) is 0.755. The van der Waals surface area contributed by atoms with Crippen LogP contribution in [0.1, 0.15) is 18.4 Å². The SMILES string of the molecule is O=C(O)C1(c2cccc(F)c2F)CC1.